The molecule has 1 aromatic carbocycles. The van der Waals surface area contributed by atoms with E-state index in [1.807, 2.05) is 4.98 Å². The molecule has 0 atom stereocenters. The standard InChI is InChI=1S/C15H13ClN4O6/c16-8-1-3-9(4-2-8)20-14(25)10(13(24)19-15(20)26)5-17-6-11(21)18-7-12(22)23/h1-5,25H,6-7H2,(H,18,21)(H,22,23)(H,19,24,26). The van der Waals surface area contributed by atoms with E-state index in [9.17, 15) is 24.3 Å². The van der Waals surface area contributed by atoms with E-state index in [4.69, 9.17) is 16.7 Å². The smallest absolute Gasteiger partial charge is 0.335 e. The van der Waals surface area contributed by atoms with Gasteiger partial charge in [-0.2, -0.15) is 0 Å². The van der Waals surface area contributed by atoms with Gasteiger partial charge in [0, 0.05) is 11.2 Å². The topological polar surface area (TPSA) is 154 Å². The van der Waals surface area contributed by atoms with Gasteiger partial charge in [-0.1, -0.05) is 11.6 Å². The summed E-state index contributed by atoms with van der Waals surface area (Å²) in [6, 6.07) is 5.91. The predicted octanol–water partition coefficient (Wildman–Crippen LogP) is -0.496. The maximum Gasteiger partial charge on any atom is 0.335 e. The van der Waals surface area contributed by atoms with Crippen molar-refractivity contribution in [3.63, 3.8) is 0 Å². The molecule has 11 heteroatoms. The van der Waals surface area contributed by atoms with Gasteiger partial charge in [-0.3, -0.25) is 24.4 Å². The van der Waals surface area contributed by atoms with Gasteiger partial charge < -0.3 is 15.5 Å². The van der Waals surface area contributed by atoms with Crippen LogP contribution in [0.25, 0.3) is 5.69 Å². The van der Waals surface area contributed by atoms with Crippen LogP contribution in [0.2, 0.25) is 5.02 Å². The fraction of sp³-hybridized carbons (Fsp3) is 0.133. The van der Waals surface area contributed by atoms with Crippen molar-refractivity contribution in [2.45, 2.75) is 0 Å². The van der Waals surface area contributed by atoms with Crippen LogP contribution in [0.4, 0.5) is 0 Å². The number of aromatic amines is 1. The van der Waals surface area contributed by atoms with E-state index in [1.54, 1.807) is 0 Å². The lowest BCUT2D eigenvalue weighted by molar-refractivity contribution is -0.137. The first-order chi connectivity index (χ1) is 12.3. The second-order valence-corrected chi connectivity index (χ2v) is 5.39. The van der Waals surface area contributed by atoms with Crippen molar-refractivity contribution in [2.24, 2.45) is 4.99 Å². The molecule has 0 aliphatic carbocycles. The van der Waals surface area contributed by atoms with Crippen LogP contribution in [0.15, 0.2) is 38.8 Å². The lowest BCUT2D eigenvalue weighted by Gasteiger charge is -2.09. The van der Waals surface area contributed by atoms with Crippen molar-refractivity contribution in [1.29, 1.82) is 0 Å². The van der Waals surface area contributed by atoms with E-state index in [-0.39, 0.29) is 11.3 Å². The molecular weight excluding hydrogens is 368 g/mol. The van der Waals surface area contributed by atoms with Crippen molar-refractivity contribution in [1.82, 2.24) is 14.9 Å². The summed E-state index contributed by atoms with van der Waals surface area (Å²) in [5, 5.41) is 21.2. The van der Waals surface area contributed by atoms with E-state index in [0.29, 0.717) is 5.02 Å². The molecule has 0 saturated heterocycles. The average molecular weight is 381 g/mol. The first kappa shape index (κ1) is 18.9. The third-order valence-corrected chi connectivity index (χ3v) is 3.35. The van der Waals surface area contributed by atoms with Gasteiger partial charge in [0.05, 0.1) is 5.69 Å². The average Bonchev–Trinajstić information content (AvgIpc) is 2.57. The number of carbonyl (C=O) groups is 2. The largest absolute Gasteiger partial charge is 0.493 e. The number of hydrogen-bond acceptors (Lipinski definition) is 6. The van der Waals surface area contributed by atoms with E-state index in [2.05, 4.69) is 10.3 Å². The number of hydrogen-bond donors (Lipinski definition) is 4. The number of carbonyl (C=O) groups excluding carboxylic acids is 1. The van der Waals surface area contributed by atoms with Crippen molar-refractivity contribution in [2.75, 3.05) is 13.1 Å². The summed E-state index contributed by atoms with van der Waals surface area (Å²) in [5.41, 5.74) is -1.86. The van der Waals surface area contributed by atoms with Crippen LogP contribution in [-0.4, -0.2) is 50.9 Å². The van der Waals surface area contributed by atoms with E-state index < -0.39 is 42.1 Å². The lowest BCUT2D eigenvalue weighted by Crippen LogP contribution is -2.32. The van der Waals surface area contributed by atoms with Crippen molar-refractivity contribution in [3.8, 4) is 11.6 Å². The molecule has 0 unspecified atom stereocenters. The summed E-state index contributed by atoms with van der Waals surface area (Å²) < 4.78 is 0.837. The maximum atomic E-state index is 12.0. The Kier molecular flexibility index (Phi) is 5.91. The number of nitrogens with one attached hydrogen (secondary N) is 2. The monoisotopic (exact) mass is 380 g/mol. The second-order valence-electron chi connectivity index (χ2n) is 4.95. The first-order valence-corrected chi connectivity index (χ1v) is 7.50. The highest BCUT2D eigenvalue weighted by molar-refractivity contribution is 6.30. The summed E-state index contributed by atoms with van der Waals surface area (Å²) in [6.07, 6.45) is 0.917. The number of benzene rings is 1. The Labute approximate surface area is 150 Å². The van der Waals surface area contributed by atoms with Gasteiger partial charge in [-0.05, 0) is 24.3 Å². The molecule has 0 bridgehead atoms. The molecule has 2 aromatic rings. The minimum absolute atomic E-state index is 0.252. The number of nitrogens with zero attached hydrogens (tertiary/aromatic N) is 2. The van der Waals surface area contributed by atoms with Gasteiger partial charge in [0.2, 0.25) is 11.8 Å². The first-order valence-electron chi connectivity index (χ1n) is 7.12. The molecule has 0 fully saturated rings. The number of aliphatic carboxylic acids is 1. The number of carboxylic acids is 1. The number of halogens is 1. The highest BCUT2D eigenvalue weighted by Crippen LogP contribution is 2.17. The second kappa shape index (κ2) is 8.12. The highest BCUT2D eigenvalue weighted by Gasteiger charge is 2.14. The zero-order valence-electron chi connectivity index (χ0n) is 13.1. The fourth-order valence-electron chi connectivity index (χ4n) is 1.93. The molecule has 1 amide bonds. The van der Waals surface area contributed by atoms with Crippen molar-refractivity contribution >= 4 is 29.7 Å². The van der Waals surface area contributed by atoms with Crippen LogP contribution in [-0.2, 0) is 9.59 Å². The maximum absolute atomic E-state index is 12.0. The van der Waals surface area contributed by atoms with Gasteiger partial charge in [0.1, 0.15) is 18.7 Å². The molecule has 4 N–H and O–H groups in total. The van der Waals surface area contributed by atoms with E-state index >= 15 is 0 Å². The molecule has 0 aliphatic rings. The minimum Gasteiger partial charge on any atom is -0.493 e. The fourth-order valence-corrected chi connectivity index (χ4v) is 2.06. The summed E-state index contributed by atoms with van der Waals surface area (Å²) in [4.78, 5) is 51.3. The minimum atomic E-state index is -1.22. The van der Waals surface area contributed by atoms with Crippen LogP contribution >= 0.6 is 11.6 Å². The summed E-state index contributed by atoms with van der Waals surface area (Å²) in [5.74, 6) is -2.58. The summed E-state index contributed by atoms with van der Waals surface area (Å²) >= 11 is 5.78. The van der Waals surface area contributed by atoms with Crippen LogP contribution in [0.1, 0.15) is 5.56 Å². The van der Waals surface area contributed by atoms with Gasteiger partial charge in [-0.25, -0.2) is 9.36 Å². The molecule has 0 radical (unpaired) electrons. The third-order valence-electron chi connectivity index (χ3n) is 3.10. The summed E-state index contributed by atoms with van der Waals surface area (Å²) in [7, 11) is 0. The molecule has 2 rings (SSSR count). The van der Waals surface area contributed by atoms with Crippen LogP contribution in [0.5, 0.6) is 5.88 Å². The number of carboxylic acid groups (broad SMARTS) is 1. The molecule has 0 aliphatic heterocycles. The van der Waals surface area contributed by atoms with Crippen LogP contribution in [0.3, 0.4) is 0 Å². The van der Waals surface area contributed by atoms with Crippen LogP contribution in [0, 0.1) is 0 Å². The summed E-state index contributed by atoms with van der Waals surface area (Å²) in [6.45, 7) is -1.03. The number of amides is 1. The number of rotatable bonds is 6. The number of aliphatic imine (C=N–C) groups is 1. The Morgan fingerprint density at radius 2 is 1.92 bits per heavy atom. The third kappa shape index (κ3) is 4.57. The van der Waals surface area contributed by atoms with E-state index in [0.717, 1.165) is 10.8 Å². The Hall–Kier alpha value is -3.40. The van der Waals surface area contributed by atoms with E-state index in [1.165, 1.54) is 24.3 Å². The van der Waals surface area contributed by atoms with Crippen molar-refractivity contribution in [3.05, 3.63) is 55.7 Å². The normalized spacial score (nSPS) is 10.8. The number of aromatic nitrogens is 2. The van der Waals surface area contributed by atoms with Crippen molar-refractivity contribution < 1.29 is 19.8 Å². The number of aromatic hydroxyl groups is 1. The molecule has 1 aromatic heterocycles. The molecule has 0 saturated carbocycles. The molecule has 136 valence electrons. The lowest BCUT2D eigenvalue weighted by atomic mass is 10.3. The Balaban J connectivity index is 2.31. The van der Waals surface area contributed by atoms with Gasteiger partial charge >= 0.3 is 11.7 Å². The Morgan fingerprint density at radius 3 is 2.54 bits per heavy atom. The Bertz CT molecular complexity index is 977. The Morgan fingerprint density at radius 1 is 1.27 bits per heavy atom. The molecular formula is C15H13ClN4O6. The zero-order chi connectivity index (χ0) is 19.3. The van der Waals surface area contributed by atoms with Gasteiger partial charge in [-0.15, -0.1) is 0 Å². The highest BCUT2D eigenvalue weighted by atomic mass is 35.5. The molecule has 1 heterocycles. The molecule has 10 nitrogen and oxygen atoms in total. The zero-order valence-corrected chi connectivity index (χ0v) is 13.9. The molecule has 0 spiro atoms. The SMILES string of the molecule is O=C(O)CNC(=O)CN=Cc1c(O)n(-c2ccc(Cl)cc2)c(=O)[nH]c1=O. The van der Waals surface area contributed by atoms with Crippen LogP contribution < -0.4 is 16.6 Å². The number of H-pyrrole nitrogens is 1. The predicted molar refractivity (Wildman–Crippen MR) is 92.4 cm³/mol. The van der Waals surface area contributed by atoms with Gasteiger partial charge in [0.15, 0.2) is 0 Å². The van der Waals surface area contributed by atoms with Gasteiger partial charge in [0.25, 0.3) is 5.56 Å². The quantitative estimate of drug-likeness (QED) is 0.495. The molecule has 26 heavy (non-hydrogen) atoms.